The van der Waals surface area contributed by atoms with Crippen molar-refractivity contribution < 1.29 is 4.79 Å². The molecule has 1 saturated carbocycles. The molecular weight excluding hydrogens is 353 g/mol. The lowest BCUT2D eigenvalue weighted by Crippen LogP contribution is -2.48. The van der Waals surface area contributed by atoms with Crippen molar-refractivity contribution in [2.45, 2.75) is 38.6 Å². The smallest absolute Gasteiger partial charge is 0.280 e. The number of carbonyl (C=O) groups excluding carboxylic acids is 1. The molecule has 0 aromatic rings. The molecule has 2 aliphatic rings. The monoisotopic (exact) mass is 379 g/mol. The van der Waals surface area contributed by atoms with Crippen molar-refractivity contribution in [1.29, 1.82) is 0 Å². The molecule has 2 rings (SSSR count). The van der Waals surface area contributed by atoms with E-state index in [2.05, 4.69) is 22.0 Å². The summed E-state index contributed by atoms with van der Waals surface area (Å²) in [5.74, 6) is 0.843. The van der Waals surface area contributed by atoms with Crippen LogP contribution in [0.1, 0.15) is 32.6 Å². The fraction of sp³-hybridized carbons (Fsp3) is 0.929. The van der Waals surface area contributed by atoms with Gasteiger partial charge >= 0.3 is 0 Å². The Morgan fingerprint density at radius 3 is 2.21 bits per heavy atom. The quantitative estimate of drug-likeness (QED) is 0.463. The van der Waals surface area contributed by atoms with E-state index in [1.807, 2.05) is 22.6 Å². The van der Waals surface area contributed by atoms with Gasteiger partial charge in [-0.25, -0.2) is 0 Å². The normalized spacial score (nSPS) is 30.2. The van der Waals surface area contributed by atoms with E-state index < -0.39 is 0 Å². The second-order valence-electron chi connectivity index (χ2n) is 5.87. The Labute approximate surface area is 130 Å². The number of likely N-dealkylation sites (N-methyl/N-ethyl adjacent to an activating group) is 1. The molecule has 0 aromatic heterocycles. The third kappa shape index (κ3) is 5.19. The molecule has 5 heteroatoms. The maximum absolute atomic E-state index is 11.0. The molecule has 2 fully saturated rings. The molecule has 1 aliphatic carbocycles. The number of amides is 1. The van der Waals surface area contributed by atoms with Crippen molar-refractivity contribution in [2.24, 2.45) is 5.92 Å². The highest BCUT2D eigenvalue weighted by atomic mass is 127. The summed E-state index contributed by atoms with van der Waals surface area (Å²) in [6.07, 6.45) is 4.87. The number of halogens is 1. The molecular formula is C14H26IN3O. The number of rotatable bonds is 4. The van der Waals surface area contributed by atoms with Crippen molar-refractivity contribution in [1.82, 2.24) is 15.1 Å². The maximum Gasteiger partial charge on any atom is 0.280 e. The van der Waals surface area contributed by atoms with Gasteiger partial charge in [-0.15, -0.1) is 0 Å². The van der Waals surface area contributed by atoms with Crippen LogP contribution < -0.4 is 5.32 Å². The lowest BCUT2D eigenvalue weighted by atomic mass is 9.85. The van der Waals surface area contributed by atoms with E-state index in [1.165, 1.54) is 52.1 Å². The van der Waals surface area contributed by atoms with Gasteiger partial charge < -0.3 is 15.1 Å². The SMILES string of the molecule is CCN1CCN(CC2CCC(NC(=O)I)CC2)CC1. The molecule has 1 saturated heterocycles. The second kappa shape index (κ2) is 7.78. The van der Waals surface area contributed by atoms with E-state index in [9.17, 15) is 4.79 Å². The molecule has 1 amide bonds. The molecule has 1 aliphatic heterocycles. The van der Waals surface area contributed by atoms with Gasteiger partial charge in [-0.05, 0) is 38.1 Å². The lowest BCUT2D eigenvalue weighted by Gasteiger charge is -2.37. The predicted octanol–water partition coefficient (Wildman–Crippen LogP) is 2.33. The highest BCUT2D eigenvalue weighted by Gasteiger charge is 2.24. The van der Waals surface area contributed by atoms with Crippen LogP contribution in [0.3, 0.4) is 0 Å². The van der Waals surface area contributed by atoms with Gasteiger partial charge in [0.05, 0.1) is 0 Å². The van der Waals surface area contributed by atoms with Crippen LogP contribution in [-0.4, -0.2) is 59.0 Å². The first-order chi connectivity index (χ1) is 9.17. The number of piperazine rings is 1. The van der Waals surface area contributed by atoms with Crippen molar-refractivity contribution in [3.8, 4) is 0 Å². The van der Waals surface area contributed by atoms with Crippen molar-refractivity contribution in [3.05, 3.63) is 0 Å². The van der Waals surface area contributed by atoms with Crippen LogP contribution in [0, 0.1) is 5.92 Å². The zero-order valence-electron chi connectivity index (χ0n) is 11.9. The molecule has 0 aromatic carbocycles. The molecule has 0 spiro atoms. The largest absolute Gasteiger partial charge is 0.345 e. The molecule has 19 heavy (non-hydrogen) atoms. The minimum atomic E-state index is 0.0942. The summed E-state index contributed by atoms with van der Waals surface area (Å²) in [5, 5.41) is 3.05. The van der Waals surface area contributed by atoms with Crippen LogP contribution in [0.2, 0.25) is 0 Å². The molecule has 0 bridgehead atoms. The van der Waals surface area contributed by atoms with E-state index in [0.29, 0.717) is 6.04 Å². The fourth-order valence-corrected chi connectivity index (χ4v) is 3.74. The Bertz CT molecular complexity index is 284. The highest BCUT2D eigenvalue weighted by Crippen LogP contribution is 2.25. The minimum absolute atomic E-state index is 0.0942. The van der Waals surface area contributed by atoms with Gasteiger partial charge in [0.25, 0.3) is 3.91 Å². The first-order valence-electron chi connectivity index (χ1n) is 7.58. The van der Waals surface area contributed by atoms with Crippen LogP contribution in [-0.2, 0) is 0 Å². The summed E-state index contributed by atoms with van der Waals surface area (Å²) in [5.41, 5.74) is 0. The third-order valence-electron chi connectivity index (χ3n) is 4.59. The van der Waals surface area contributed by atoms with E-state index >= 15 is 0 Å². The molecule has 110 valence electrons. The average molecular weight is 379 g/mol. The standard InChI is InChI=1S/C14H26IN3O/c1-2-17-7-9-18(10-8-17)11-12-3-5-13(6-4-12)16-14(15)19/h12-13H,2-11H2,1H3,(H,16,19). The Hall–Kier alpha value is 0.120. The summed E-state index contributed by atoms with van der Waals surface area (Å²) < 4.78 is 0.0942. The predicted molar refractivity (Wildman–Crippen MR) is 86.9 cm³/mol. The number of hydrogen-bond acceptors (Lipinski definition) is 3. The van der Waals surface area contributed by atoms with Crippen molar-refractivity contribution in [3.63, 3.8) is 0 Å². The van der Waals surface area contributed by atoms with E-state index in [1.54, 1.807) is 0 Å². The zero-order valence-corrected chi connectivity index (χ0v) is 14.1. The van der Waals surface area contributed by atoms with E-state index in [0.717, 1.165) is 18.8 Å². The van der Waals surface area contributed by atoms with Gasteiger partial charge in [0.1, 0.15) is 0 Å². The van der Waals surface area contributed by atoms with E-state index in [-0.39, 0.29) is 3.91 Å². The summed E-state index contributed by atoms with van der Waals surface area (Å²) in [6.45, 7) is 9.64. The first-order valence-corrected chi connectivity index (χ1v) is 8.66. The molecule has 4 nitrogen and oxygen atoms in total. The third-order valence-corrected chi connectivity index (χ3v) is 4.90. The Morgan fingerprint density at radius 1 is 1.11 bits per heavy atom. The number of nitrogens with zero attached hydrogens (tertiary/aromatic N) is 2. The van der Waals surface area contributed by atoms with Crippen molar-refractivity contribution in [2.75, 3.05) is 39.3 Å². The summed E-state index contributed by atoms with van der Waals surface area (Å²) >= 11 is 1.84. The van der Waals surface area contributed by atoms with Crippen LogP contribution >= 0.6 is 22.6 Å². The summed E-state index contributed by atoms with van der Waals surface area (Å²) in [4.78, 5) is 16.2. The van der Waals surface area contributed by atoms with Crippen LogP contribution in [0.5, 0.6) is 0 Å². The molecule has 0 radical (unpaired) electrons. The van der Waals surface area contributed by atoms with Crippen LogP contribution in [0.15, 0.2) is 0 Å². The first kappa shape index (κ1) is 15.5. The molecule has 0 atom stereocenters. The van der Waals surface area contributed by atoms with Crippen LogP contribution in [0.25, 0.3) is 0 Å². The van der Waals surface area contributed by atoms with Crippen LogP contribution in [0.4, 0.5) is 4.79 Å². The molecule has 1 heterocycles. The minimum Gasteiger partial charge on any atom is -0.345 e. The number of carbonyl (C=O) groups is 1. The average Bonchev–Trinajstić information content (AvgIpc) is 2.41. The Kier molecular flexibility index (Phi) is 6.35. The topological polar surface area (TPSA) is 35.6 Å². The van der Waals surface area contributed by atoms with Gasteiger partial charge in [-0.3, -0.25) is 4.79 Å². The molecule has 1 N–H and O–H groups in total. The van der Waals surface area contributed by atoms with Gasteiger partial charge in [-0.2, -0.15) is 0 Å². The Balaban J connectivity index is 1.64. The zero-order chi connectivity index (χ0) is 13.7. The fourth-order valence-electron chi connectivity index (χ4n) is 3.30. The Morgan fingerprint density at radius 2 is 1.68 bits per heavy atom. The number of nitrogens with one attached hydrogen (secondary N) is 1. The second-order valence-corrected chi connectivity index (χ2v) is 6.85. The van der Waals surface area contributed by atoms with Gasteiger partial charge in [0.15, 0.2) is 0 Å². The summed E-state index contributed by atoms with van der Waals surface area (Å²) in [7, 11) is 0. The summed E-state index contributed by atoms with van der Waals surface area (Å²) in [6, 6.07) is 0.428. The lowest BCUT2D eigenvalue weighted by molar-refractivity contribution is 0.110. The van der Waals surface area contributed by atoms with Gasteiger partial charge in [0, 0.05) is 61.4 Å². The van der Waals surface area contributed by atoms with Gasteiger partial charge in [-0.1, -0.05) is 6.92 Å². The highest BCUT2D eigenvalue weighted by molar-refractivity contribution is 14.1. The van der Waals surface area contributed by atoms with E-state index in [4.69, 9.17) is 0 Å². The number of hydrogen-bond donors (Lipinski definition) is 1. The van der Waals surface area contributed by atoms with Gasteiger partial charge in [0.2, 0.25) is 0 Å². The van der Waals surface area contributed by atoms with Crippen molar-refractivity contribution >= 4 is 26.5 Å². The maximum atomic E-state index is 11.0. The molecule has 0 unspecified atom stereocenters.